The molecule has 17 heavy (non-hydrogen) atoms. The molecule has 0 aliphatic carbocycles. The second-order valence-electron chi connectivity index (χ2n) is 3.63. The third-order valence-electron chi connectivity index (χ3n) is 2.15. The molecule has 0 amide bonds. The molecular weight excluding hydrogens is 285 g/mol. The van der Waals surface area contributed by atoms with E-state index in [4.69, 9.17) is 4.55 Å². The van der Waals surface area contributed by atoms with Crippen molar-refractivity contribution in [1.29, 1.82) is 0 Å². The third-order valence-corrected chi connectivity index (χ3v) is 3.70. The van der Waals surface area contributed by atoms with Crippen molar-refractivity contribution >= 4 is 10.1 Å². The Hall–Kier alpha value is -0.580. The Balaban J connectivity index is 5.91. The van der Waals surface area contributed by atoms with Crippen LogP contribution in [0.25, 0.3) is 0 Å². The van der Waals surface area contributed by atoms with Gasteiger partial charge in [0.15, 0.2) is 4.75 Å². The number of rotatable bonds is 3. The van der Waals surface area contributed by atoms with Gasteiger partial charge in [0.25, 0.3) is 10.1 Å². The Kier molecular flexibility index (Phi) is 3.58. The van der Waals surface area contributed by atoms with E-state index in [1.54, 1.807) is 0 Å². The van der Waals surface area contributed by atoms with E-state index in [0.29, 0.717) is 0 Å². The van der Waals surface area contributed by atoms with Crippen molar-refractivity contribution < 1.29 is 43.7 Å². The zero-order valence-corrected chi connectivity index (χ0v) is 9.13. The fourth-order valence-electron chi connectivity index (χ4n) is 0.718. The zero-order chi connectivity index (χ0) is 14.5. The van der Waals surface area contributed by atoms with Gasteiger partial charge in [0.05, 0.1) is 0 Å². The topological polar surface area (TPSA) is 54.4 Å². The highest BCUT2D eigenvalue weighted by Gasteiger charge is 2.80. The SMILES string of the molecule is CC(C)(C(F)(F)C(F)(F)C(F)(F)F)S(=O)(=O)O. The molecule has 3 nitrogen and oxygen atoms in total. The number of hydrogen-bond acceptors (Lipinski definition) is 2. The summed E-state index contributed by atoms with van der Waals surface area (Å²) in [7, 11) is -5.83. The molecule has 0 aliphatic heterocycles. The molecule has 0 fully saturated rings. The average molecular weight is 292 g/mol. The molecule has 0 saturated heterocycles. The van der Waals surface area contributed by atoms with Crippen LogP contribution in [0.2, 0.25) is 0 Å². The standard InChI is InChI=1S/C6H7F7O3S/c1-3(2,17(14,15)16)4(7,8)5(9,10)6(11,12)13/h1-2H3,(H,14,15,16). The highest BCUT2D eigenvalue weighted by atomic mass is 32.2. The maximum atomic E-state index is 13.0. The van der Waals surface area contributed by atoms with Gasteiger partial charge < -0.3 is 0 Å². The summed E-state index contributed by atoms with van der Waals surface area (Å²) in [6.07, 6.45) is -6.65. The molecule has 0 saturated carbocycles. The molecule has 0 heterocycles. The molecule has 0 aliphatic rings. The quantitative estimate of drug-likeness (QED) is 0.642. The monoisotopic (exact) mass is 292 g/mol. The molecule has 0 aromatic rings. The summed E-state index contributed by atoms with van der Waals surface area (Å²) in [6, 6.07) is 0. The lowest BCUT2D eigenvalue weighted by atomic mass is 9.98. The van der Waals surface area contributed by atoms with Gasteiger partial charge in [-0.05, 0) is 13.8 Å². The van der Waals surface area contributed by atoms with E-state index in [1.807, 2.05) is 0 Å². The smallest absolute Gasteiger partial charge is 0.285 e. The number of halogens is 7. The summed E-state index contributed by atoms with van der Waals surface area (Å²) in [6.45, 7) is -0.274. The fourth-order valence-corrected chi connectivity index (χ4v) is 1.17. The van der Waals surface area contributed by atoms with Crippen LogP contribution >= 0.6 is 0 Å². The molecule has 0 rings (SSSR count). The van der Waals surface area contributed by atoms with Crippen LogP contribution in [0.1, 0.15) is 13.8 Å². The highest BCUT2D eigenvalue weighted by molar-refractivity contribution is 7.87. The largest absolute Gasteiger partial charge is 0.459 e. The van der Waals surface area contributed by atoms with Gasteiger partial charge in [-0.3, -0.25) is 4.55 Å². The molecule has 0 spiro atoms. The van der Waals surface area contributed by atoms with E-state index in [1.165, 1.54) is 0 Å². The van der Waals surface area contributed by atoms with Crippen molar-refractivity contribution in [3.8, 4) is 0 Å². The Bertz CT molecular complexity index is 394. The molecule has 104 valence electrons. The Morgan fingerprint density at radius 3 is 1.29 bits per heavy atom. The first-order chi connectivity index (χ1) is 7.00. The maximum absolute atomic E-state index is 13.0. The second kappa shape index (κ2) is 3.70. The van der Waals surface area contributed by atoms with Gasteiger partial charge in [-0.2, -0.15) is 39.2 Å². The van der Waals surface area contributed by atoms with Crippen LogP contribution in [0, 0.1) is 0 Å². The fraction of sp³-hybridized carbons (Fsp3) is 1.00. The number of alkyl halides is 7. The van der Waals surface area contributed by atoms with Crippen LogP contribution in [0.15, 0.2) is 0 Å². The van der Waals surface area contributed by atoms with Crippen LogP contribution in [0.5, 0.6) is 0 Å². The minimum absolute atomic E-state index is 0.137. The van der Waals surface area contributed by atoms with Crippen molar-refractivity contribution in [3.05, 3.63) is 0 Å². The Labute approximate surface area is 91.4 Å². The van der Waals surface area contributed by atoms with Crippen molar-refractivity contribution in [3.63, 3.8) is 0 Å². The molecule has 0 aromatic heterocycles. The summed E-state index contributed by atoms with van der Waals surface area (Å²) in [5.41, 5.74) is 0. The lowest BCUT2D eigenvalue weighted by Gasteiger charge is -2.36. The van der Waals surface area contributed by atoms with Crippen LogP contribution in [-0.2, 0) is 10.1 Å². The van der Waals surface area contributed by atoms with Crippen LogP contribution in [0.4, 0.5) is 30.7 Å². The van der Waals surface area contributed by atoms with Gasteiger partial charge >= 0.3 is 18.0 Å². The van der Waals surface area contributed by atoms with Crippen molar-refractivity contribution in [2.75, 3.05) is 0 Å². The van der Waals surface area contributed by atoms with Crippen molar-refractivity contribution in [2.45, 2.75) is 36.6 Å². The zero-order valence-electron chi connectivity index (χ0n) is 8.32. The predicted octanol–water partition coefficient (Wildman–Crippen LogP) is 2.49. The van der Waals surface area contributed by atoms with Gasteiger partial charge in [-0.25, -0.2) is 0 Å². The maximum Gasteiger partial charge on any atom is 0.459 e. The lowest BCUT2D eigenvalue weighted by molar-refractivity contribution is -0.360. The van der Waals surface area contributed by atoms with E-state index in [-0.39, 0.29) is 13.8 Å². The molecule has 1 N–H and O–H groups in total. The molecule has 0 bridgehead atoms. The van der Waals surface area contributed by atoms with Gasteiger partial charge in [-0.1, -0.05) is 0 Å². The summed E-state index contributed by atoms with van der Waals surface area (Å²) < 4.78 is 111. The van der Waals surface area contributed by atoms with Gasteiger partial charge in [0.2, 0.25) is 0 Å². The van der Waals surface area contributed by atoms with Crippen molar-refractivity contribution in [2.24, 2.45) is 0 Å². The van der Waals surface area contributed by atoms with Crippen LogP contribution in [-0.4, -0.2) is 35.7 Å². The van der Waals surface area contributed by atoms with E-state index in [2.05, 4.69) is 0 Å². The second-order valence-corrected chi connectivity index (χ2v) is 5.60. The highest BCUT2D eigenvalue weighted by Crippen LogP contribution is 2.52. The number of hydrogen-bond donors (Lipinski definition) is 1. The molecule has 0 radical (unpaired) electrons. The normalized spacial score (nSPS) is 16.1. The predicted molar refractivity (Wildman–Crippen MR) is 41.6 cm³/mol. The summed E-state index contributed by atoms with van der Waals surface area (Å²) >= 11 is 0. The molecule has 0 aromatic carbocycles. The van der Waals surface area contributed by atoms with E-state index >= 15 is 0 Å². The summed E-state index contributed by atoms with van der Waals surface area (Å²) in [5.74, 6) is -12.6. The summed E-state index contributed by atoms with van der Waals surface area (Å²) in [5, 5.41) is 0. The molecule has 0 atom stereocenters. The molecule has 0 unspecified atom stereocenters. The van der Waals surface area contributed by atoms with Crippen LogP contribution < -0.4 is 0 Å². The first-order valence-electron chi connectivity index (χ1n) is 3.79. The van der Waals surface area contributed by atoms with Gasteiger partial charge in [-0.15, -0.1) is 0 Å². The first kappa shape index (κ1) is 16.4. The van der Waals surface area contributed by atoms with Gasteiger partial charge in [0, 0.05) is 0 Å². The third kappa shape index (κ3) is 2.21. The minimum atomic E-state index is -6.65. The Morgan fingerprint density at radius 1 is 0.824 bits per heavy atom. The Morgan fingerprint density at radius 2 is 1.12 bits per heavy atom. The summed E-state index contributed by atoms with van der Waals surface area (Å²) in [4.78, 5) is 0. The molecular formula is C6H7F7O3S. The minimum Gasteiger partial charge on any atom is -0.285 e. The van der Waals surface area contributed by atoms with Crippen LogP contribution in [0.3, 0.4) is 0 Å². The van der Waals surface area contributed by atoms with E-state index < -0.39 is 32.9 Å². The molecule has 11 heteroatoms. The van der Waals surface area contributed by atoms with Crippen molar-refractivity contribution in [1.82, 2.24) is 0 Å². The van der Waals surface area contributed by atoms with E-state index in [0.717, 1.165) is 0 Å². The van der Waals surface area contributed by atoms with Gasteiger partial charge in [0.1, 0.15) is 0 Å². The first-order valence-corrected chi connectivity index (χ1v) is 5.23. The average Bonchev–Trinajstić information content (AvgIpc) is 1.98. The van der Waals surface area contributed by atoms with E-state index in [9.17, 15) is 39.2 Å². The lowest BCUT2D eigenvalue weighted by Crippen LogP contribution is -2.64.